The van der Waals surface area contributed by atoms with Crippen molar-refractivity contribution in [3.8, 4) is 26.8 Å². The molecule has 0 saturated heterocycles. The van der Waals surface area contributed by atoms with Crippen LogP contribution in [0.15, 0.2) is 47.8 Å². The zero-order chi connectivity index (χ0) is 21.4. The van der Waals surface area contributed by atoms with Gasteiger partial charge >= 0.3 is 0 Å². The van der Waals surface area contributed by atoms with Crippen molar-refractivity contribution in [2.24, 2.45) is 0 Å². The van der Waals surface area contributed by atoms with Gasteiger partial charge < -0.3 is 10.1 Å². The van der Waals surface area contributed by atoms with Gasteiger partial charge in [-0.05, 0) is 30.3 Å². The number of ether oxygens (including phenoxy) is 1. The number of aromatic nitrogens is 1. The number of thiophene rings is 2. The minimum Gasteiger partial charge on any atom is -0.488 e. The molecule has 9 heteroatoms. The Morgan fingerprint density at radius 2 is 2.03 bits per heavy atom. The molecular formula is C22H17N3O3S3. The number of nitrogens with zero attached hydrogens (tertiary/aromatic N) is 1. The molecule has 2 amide bonds. The monoisotopic (exact) mass is 467 g/mol. The second-order valence-electron chi connectivity index (χ2n) is 6.92. The Hall–Kier alpha value is -3.01. The van der Waals surface area contributed by atoms with Crippen LogP contribution in [0.3, 0.4) is 0 Å². The molecule has 3 aromatic heterocycles. The summed E-state index contributed by atoms with van der Waals surface area (Å²) in [6.45, 7) is 2.47. The summed E-state index contributed by atoms with van der Waals surface area (Å²) in [6.07, 6.45) is 0. The Morgan fingerprint density at radius 3 is 2.90 bits per heavy atom. The van der Waals surface area contributed by atoms with Gasteiger partial charge in [0.15, 0.2) is 5.13 Å². The highest BCUT2D eigenvalue weighted by atomic mass is 32.1. The van der Waals surface area contributed by atoms with Crippen molar-refractivity contribution < 1.29 is 14.3 Å². The zero-order valence-corrected chi connectivity index (χ0v) is 18.9. The van der Waals surface area contributed by atoms with E-state index in [0.717, 1.165) is 37.2 Å². The molecule has 156 valence electrons. The minimum absolute atomic E-state index is 0.0566. The molecule has 0 saturated carbocycles. The maximum Gasteiger partial charge on any atom is 0.267 e. The average molecular weight is 468 g/mol. The molecule has 0 atom stereocenters. The Balaban J connectivity index is 1.30. The van der Waals surface area contributed by atoms with Crippen LogP contribution in [-0.4, -0.2) is 16.8 Å². The van der Waals surface area contributed by atoms with Crippen LogP contribution in [0.2, 0.25) is 0 Å². The highest BCUT2D eigenvalue weighted by molar-refractivity contribution is 7.18. The molecule has 4 aromatic rings. The SMILES string of the molecule is CC(=O)NCc1ccc(-c2csc(NC(=O)c3cc4c(s3)-c3ccccc3OC4)n2)s1. The van der Waals surface area contributed by atoms with E-state index < -0.39 is 0 Å². The Kier molecular flexibility index (Phi) is 5.31. The van der Waals surface area contributed by atoms with E-state index in [9.17, 15) is 9.59 Å². The van der Waals surface area contributed by atoms with Gasteiger partial charge in [0.05, 0.1) is 22.0 Å². The van der Waals surface area contributed by atoms with Crippen LogP contribution < -0.4 is 15.4 Å². The van der Waals surface area contributed by atoms with Crippen LogP contribution in [0.1, 0.15) is 27.0 Å². The first-order valence-corrected chi connectivity index (χ1v) is 12.0. The first-order valence-electron chi connectivity index (χ1n) is 9.52. The number of carbonyl (C=O) groups is 2. The second kappa shape index (κ2) is 8.26. The number of amides is 2. The number of hydrogen-bond acceptors (Lipinski definition) is 7. The Labute approximate surface area is 190 Å². The molecule has 31 heavy (non-hydrogen) atoms. The third-order valence-electron chi connectivity index (χ3n) is 4.70. The van der Waals surface area contributed by atoms with Gasteiger partial charge in [0.2, 0.25) is 5.91 Å². The normalized spacial score (nSPS) is 11.9. The van der Waals surface area contributed by atoms with E-state index in [-0.39, 0.29) is 11.8 Å². The van der Waals surface area contributed by atoms with Gasteiger partial charge in [0.25, 0.3) is 5.91 Å². The molecule has 0 aliphatic carbocycles. The number of para-hydroxylation sites is 1. The van der Waals surface area contributed by atoms with Crippen molar-refractivity contribution in [3.63, 3.8) is 0 Å². The summed E-state index contributed by atoms with van der Waals surface area (Å²) < 4.78 is 5.79. The molecule has 4 heterocycles. The van der Waals surface area contributed by atoms with E-state index in [2.05, 4.69) is 15.6 Å². The molecule has 0 spiro atoms. The molecular weight excluding hydrogens is 450 g/mol. The summed E-state index contributed by atoms with van der Waals surface area (Å²) in [5.41, 5.74) is 2.86. The maximum atomic E-state index is 12.8. The van der Waals surface area contributed by atoms with Crippen molar-refractivity contribution in [2.45, 2.75) is 20.1 Å². The van der Waals surface area contributed by atoms with Crippen molar-refractivity contribution in [1.29, 1.82) is 0 Å². The lowest BCUT2D eigenvalue weighted by Crippen LogP contribution is -2.17. The number of rotatable bonds is 5. The van der Waals surface area contributed by atoms with E-state index in [0.29, 0.717) is 23.2 Å². The quantitative estimate of drug-likeness (QED) is 0.413. The summed E-state index contributed by atoms with van der Waals surface area (Å²) in [7, 11) is 0. The molecule has 1 aromatic carbocycles. The summed E-state index contributed by atoms with van der Waals surface area (Å²) in [6, 6.07) is 13.7. The smallest absolute Gasteiger partial charge is 0.267 e. The van der Waals surface area contributed by atoms with E-state index in [1.165, 1.54) is 29.6 Å². The highest BCUT2D eigenvalue weighted by Gasteiger charge is 2.23. The minimum atomic E-state index is -0.171. The van der Waals surface area contributed by atoms with Gasteiger partial charge in [-0.1, -0.05) is 12.1 Å². The van der Waals surface area contributed by atoms with E-state index in [4.69, 9.17) is 4.74 Å². The molecule has 6 nitrogen and oxygen atoms in total. The van der Waals surface area contributed by atoms with Gasteiger partial charge in [-0.3, -0.25) is 14.9 Å². The highest BCUT2D eigenvalue weighted by Crippen LogP contribution is 2.42. The topological polar surface area (TPSA) is 80.3 Å². The summed E-state index contributed by atoms with van der Waals surface area (Å²) in [5.74, 6) is 0.622. The Bertz CT molecular complexity index is 1290. The summed E-state index contributed by atoms with van der Waals surface area (Å²) in [5, 5.41) is 8.19. The predicted molar refractivity (Wildman–Crippen MR) is 125 cm³/mol. The molecule has 0 radical (unpaired) electrons. The first-order chi connectivity index (χ1) is 15.1. The third-order valence-corrected chi connectivity index (χ3v) is 7.77. The number of fused-ring (bicyclic) bond motifs is 3. The van der Waals surface area contributed by atoms with Crippen LogP contribution in [0.4, 0.5) is 5.13 Å². The summed E-state index contributed by atoms with van der Waals surface area (Å²) >= 11 is 4.44. The first kappa shape index (κ1) is 19.9. The van der Waals surface area contributed by atoms with Crippen molar-refractivity contribution in [1.82, 2.24) is 10.3 Å². The number of hydrogen-bond donors (Lipinski definition) is 2. The molecule has 2 N–H and O–H groups in total. The van der Waals surface area contributed by atoms with Gasteiger partial charge in [-0.25, -0.2) is 4.98 Å². The Morgan fingerprint density at radius 1 is 1.16 bits per heavy atom. The van der Waals surface area contributed by atoms with Crippen LogP contribution >= 0.6 is 34.0 Å². The standard InChI is InChI=1S/C22H17N3O3S3/c1-12(26)23-9-14-6-7-18(30-14)16-11-29-22(24-16)25-21(27)19-8-13-10-28-17-5-3-2-4-15(17)20(13)31-19/h2-8,11H,9-10H2,1H3,(H,23,26)(H,24,25,27). The molecule has 1 aliphatic rings. The number of carbonyl (C=O) groups excluding carboxylic acids is 2. The molecule has 1 aliphatic heterocycles. The lowest BCUT2D eigenvalue weighted by Gasteiger charge is -2.16. The van der Waals surface area contributed by atoms with Gasteiger partial charge in [-0.2, -0.15) is 0 Å². The van der Waals surface area contributed by atoms with Crippen molar-refractivity contribution in [3.05, 3.63) is 63.2 Å². The fourth-order valence-corrected chi connectivity index (χ4v) is 6.02. The fraction of sp³-hybridized carbons (Fsp3) is 0.136. The fourth-order valence-electron chi connectivity index (χ4n) is 3.24. The predicted octanol–water partition coefficient (Wildman–Crippen LogP) is 5.38. The number of anilines is 1. The third kappa shape index (κ3) is 4.12. The van der Waals surface area contributed by atoms with Gasteiger partial charge in [-0.15, -0.1) is 34.0 Å². The number of nitrogens with one attached hydrogen (secondary N) is 2. The van der Waals surface area contributed by atoms with Crippen molar-refractivity contribution >= 4 is 51.0 Å². The number of thiazole rings is 1. The summed E-state index contributed by atoms with van der Waals surface area (Å²) in [4.78, 5) is 32.2. The van der Waals surface area contributed by atoms with Gasteiger partial charge in [0, 0.05) is 33.2 Å². The molecule has 5 rings (SSSR count). The van der Waals surface area contributed by atoms with E-state index in [1.54, 1.807) is 11.3 Å². The molecule has 0 fully saturated rings. The van der Waals surface area contributed by atoms with Crippen LogP contribution in [-0.2, 0) is 17.9 Å². The zero-order valence-electron chi connectivity index (χ0n) is 16.4. The number of benzene rings is 1. The maximum absolute atomic E-state index is 12.8. The van der Waals surface area contributed by atoms with Crippen LogP contribution in [0, 0.1) is 0 Å². The largest absolute Gasteiger partial charge is 0.488 e. The van der Waals surface area contributed by atoms with Crippen molar-refractivity contribution in [2.75, 3.05) is 5.32 Å². The van der Waals surface area contributed by atoms with Crippen LogP contribution in [0.5, 0.6) is 5.75 Å². The molecule has 0 bridgehead atoms. The van der Waals surface area contributed by atoms with E-state index in [1.807, 2.05) is 47.8 Å². The lowest BCUT2D eigenvalue weighted by molar-refractivity contribution is -0.119. The average Bonchev–Trinajstić information content (AvgIpc) is 3.51. The molecule has 0 unspecified atom stereocenters. The second-order valence-corrected chi connectivity index (χ2v) is 10.00. The van der Waals surface area contributed by atoms with E-state index >= 15 is 0 Å². The van der Waals surface area contributed by atoms with Gasteiger partial charge in [0.1, 0.15) is 12.4 Å². The lowest BCUT2D eigenvalue weighted by atomic mass is 10.1. The van der Waals surface area contributed by atoms with Crippen LogP contribution in [0.25, 0.3) is 21.0 Å².